The van der Waals surface area contributed by atoms with E-state index in [1.165, 1.54) is 4.90 Å². The SMILES string of the molecule is CN(C)C(=O)C1CCCN1C(=O)c1ccc(Cn2ccnc2)o1. The number of carbonyl (C=O) groups is 2. The van der Waals surface area contributed by atoms with Gasteiger partial charge in [0.1, 0.15) is 11.8 Å². The molecule has 1 atom stereocenters. The van der Waals surface area contributed by atoms with Gasteiger partial charge in [-0.15, -0.1) is 0 Å². The zero-order chi connectivity index (χ0) is 16.4. The van der Waals surface area contributed by atoms with E-state index in [9.17, 15) is 9.59 Å². The lowest BCUT2D eigenvalue weighted by Gasteiger charge is -2.25. The molecule has 0 radical (unpaired) electrons. The largest absolute Gasteiger partial charge is 0.454 e. The normalized spacial score (nSPS) is 17.5. The minimum atomic E-state index is -0.389. The van der Waals surface area contributed by atoms with Gasteiger partial charge in [-0.05, 0) is 25.0 Å². The molecular formula is C16H20N4O3. The van der Waals surface area contributed by atoms with Crippen LogP contribution in [0.15, 0.2) is 35.3 Å². The number of furan rings is 1. The zero-order valence-corrected chi connectivity index (χ0v) is 13.3. The van der Waals surface area contributed by atoms with Crippen LogP contribution in [0.3, 0.4) is 0 Å². The maximum Gasteiger partial charge on any atom is 0.290 e. The van der Waals surface area contributed by atoms with Gasteiger partial charge in [-0.1, -0.05) is 0 Å². The Morgan fingerprint density at radius 1 is 1.39 bits per heavy atom. The molecule has 0 aromatic carbocycles. The van der Waals surface area contributed by atoms with Crippen LogP contribution in [0.1, 0.15) is 29.2 Å². The predicted octanol–water partition coefficient (Wildman–Crippen LogP) is 1.22. The highest BCUT2D eigenvalue weighted by atomic mass is 16.4. The fourth-order valence-corrected chi connectivity index (χ4v) is 2.84. The van der Waals surface area contributed by atoms with E-state index < -0.39 is 0 Å². The van der Waals surface area contributed by atoms with Gasteiger partial charge in [-0.2, -0.15) is 0 Å². The Bertz CT molecular complexity index is 690. The Kier molecular flexibility index (Phi) is 4.18. The summed E-state index contributed by atoms with van der Waals surface area (Å²) in [5.74, 6) is 0.695. The fourth-order valence-electron chi connectivity index (χ4n) is 2.84. The molecule has 0 spiro atoms. The summed E-state index contributed by atoms with van der Waals surface area (Å²) in [4.78, 5) is 32.0. The molecule has 7 heteroatoms. The molecule has 2 aromatic rings. The van der Waals surface area contributed by atoms with Crippen molar-refractivity contribution in [1.29, 1.82) is 0 Å². The Hall–Kier alpha value is -2.57. The van der Waals surface area contributed by atoms with Crippen molar-refractivity contribution >= 4 is 11.8 Å². The quantitative estimate of drug-likeness (QED) is 0.850. The average Bonchev–Trinajstić information content (AvgIpc) is 3.27. The van der Waals surface area contributed by atoms with E-state index in [0.29, 0.717) is 25.3 Å². The highest BCUT2D eigenvalue weighted by molar-refractivity contribution is 5.96. The second-order valence-electron chi connectivity index (χ2n) is 5.89. The van der Waals surface area contributed by atoms with E-state index in [2.05, 4.69) is 4.98 Å². The molecule has 0 bridgehead atoms. The first-order valence-corrected chi connectivity index (χ1v) is 7.63. The molecule has 2 aromatic heterocycles. The molecule has 7 nitrogen and oxygen atoms in total. The van der Waals surface area contributed by atoms with Crippen molar-refractivity contribution < 1.29 is 14.0 Å². The third kappa shape index (κ3) is 3.13. The van der Waals surface area contributed by atoms with Crippen molar-refractivity contribution in [3.05, 3.63) is 42.4 Å². The van der Waals surface area contributed by atoms with Gasteiger partial charge in [-0.3, -0.25) is 9.59 Å². The van der Waals surface area contributed by atoms with Gasteiger partial charge >= 0.3 is 0 Å². The lowest BCUT2D eigenvalue weighted by molar-refractivity contribution is -0.132. The molecule has 0 aliphatic carbocycles. The van der Waals surface area contributed by atoms with Crippen LogP contribution in [-0.4, -0.2) is 57.8 Å². The number of carbonyl (C=O) groups excluding carboxylic acids is 2. The van der Waals surface area contributed by atoms with E-state index >= 15 is 0 Å². The number of hydrogen-bond acceptors (Lipinski definition) is 4. The molecule has 0 saturated carbocycles. The minimum absolute atomic E-state index is 0.0407. The third-order valence-electron chi connectivity index (χ3n) is 4.01. The first kappa shape index (κ1) is 15.3. The number of imidazole rings is 1. The van der Waals surface area contributed by atoms with Crippen LogP contribution in [0, 0.1) is 0 Å². The predicted molar refractivity (Wildman–Crippen MR) is 82.8 cm³/mol. The van der Waals surface area contributed by atoms with Crippen LogP contribution in [0.2, 0.25) is 0 Å². The highest BCUT2D eigenvalue weighted by Crippen LogP contribution is 2.22. The van der Waals surface area contributed by atoms with Crippen LogP contribution in [0.5, 0.6) is 0 Å². The zero-order valence-electron chi connectivity index (χ0n) is 13.3. The second kappa shape index (κ2) is 6.28. The number of nitrogens with zero attached hydrogens (tertiary/aromatic N) is 4. The number of likely N-dealkylation sites (N-methyl/N-ethyl adjacent to an activating group) is 1. The van der Waals surface area contributed by atoms with Crippen molar-refractivity contribution in [2.75, 3.05) is 20.6 Å². The Labute approximate surface area is 134 Å². The van der Waals surface area contributed by atoms with Crippen molar-refractivity contribution in [3.63, 3.8) is 0 Å². The monoisotopic (exact) mass is 316 g/mol. The number of likely N-dealkylation sites (tertiary alicyclic amines) is 1. The highest BCUT2D eigenvalue weighted by Gasteiger charge is 2.36. The molecular weight excluding hydrogens is 296 g/mol. The van der Waals surface area contributed by atoms with Gasteiger partial charge in [-0.25, -0.2) is 4.98 Å². The van der Waals surface area contributed by atoms with Crippen LogP contribution in [0.25, 0.3) is 0 Å². The Morgan fingerprint density at radius 3 is 2.91 bits per heavy atom. The lowest BCUT2D eigenvalue weighted by Crippen LogP contribution is -2.45. The van der Waals surface area contributed by atoms with Crippen molar-refractivity contribution in [2.24, 2.45) is 0 Å². The van der Waals surface area contributed by atoms with Crippen LogP contribution in [0.4, 0.5) is 0 Å². The maximum atomic E-state index is 12.6. The fraction of sp³-hybridized carbons (Fsp3) is 0.438. The molecule has 122 valence electrons. The molecule has 1 unspecified atom stereocenters. The third-order valence-corrected chi connectivity index (χ3v) is 4.01. The summed E-state index contributed by atoms with van der Waals surface area (Å²) in [6.45, 7) is 1.11. The Morgan fingerprint density at radius 2 is 2.22 bits per heavy atom. The molecule has 3 heterocycles. The van der Waals surface area contributed by atoms with Gasteiger partial charge in [0, 0.05) is 33.0 Å². The van der Waals surface area contributed by atoms with E-state index in [1.54, 1.807) is 43.7 Å². The summed E-state index contributed by atoms with van der Waals surface area (Å²) in [7, 11) is 3.42. The molecule has 1 fully saturated rings. The molecule has 3 rings (SSSR count). The maximum absolute atomic E-state index is 12.6. The van der Waals surface area contributed by atoms with E-state index in [1.807, 2.05) is 10.8 Å². The van der Waals surface area contributed by atoms with E-state index in [-0.39, 0.29) is 23.6 Å². The minimum Gasteiger partial charge on any atom is -0.454 e. The first-order chi connectivity index (χ1) is 11.1. The summed E-state index contributed by atoms with van der Waals surface area (Å²) >= 11 is 0. The summed E-state index contributed by atoms with van der Waals surface area (Å²) in [6.07, 6.45) is 6.74. The topological polar surface area (TPSA) is 71.6 Å². The molecule has 1 aliphatic rings. The summed E-state index contributed by atoms with van der Waals surface area (Å²) in [5.41, 5.74) is 0. The number of rotatable bonds is 4. The van der Waals surface area contributed by atoms with Crippen molar-refractivity contribution in [3.8, 4) is 0 Å². The van der Waals surface area contributed by atoms with Gasteiger partial charge in [0.2, 0.25) is 5.91 Å². The van der Waals surface area contributed by atoms with Gasteiger partial charge in [0.05, 0.1) is 12.9 Å². The van der Waals surface area contributed by atoms with Crippen LogP contribution < -0.4 is 0 Å². The van der Waals surface area contributed by atoms with Gasteiger partial charge in [0.15, 0.2) is 5.76 Å². The summed E-state index contributed by atoms with van der Waals surface area (Å²) in [6, 6.07) is 3.07. The molecule has 1 aliphatic heterocycles. The molecule has 1 saturated heterocycles. The van der Waals surface area contributed by atoms with Gasteiger partial charge in [0.25, 0.3) is 5.91 Å². The van der Waals surface area contributed by atoms with Crippen LogP contribution >= 0.6 is 0 Å². The summed E-state index contributed by atoms with van der Waals surface area (Å²) < 4.78 is 7.52. The second-order valence-corrected chi connectivity index (χ2v) is 5.89. The van der Waals surface area contributed by atoms with Gasteiger partial charge < -0.3 is 18.8 Å². The number of amides is 2. The van der Waals surface area contributed by atoms with Crippen LogP contribution in [-0.2, 0) is 11.3 Å². The molecule has 2 amide bonds. The van der Waals surface area contributed by atoms with E-state index in [0.717, 1.165) is 6.42 Å². The Balaban J connectivity index is 1.72. The van der Waals surface area contributed by atoms with Crippen molar-refractivity contribution in [2.45, 2.75) is 25.4 Å². The lowest BCUT2D eigenvalue weighted by atomic mass is 10.2. The molecule has 23 heavy (non-hydrogen) atoms. The smallest absolute Gasteiger partial charge is 0.290 e. The average molecular weight is 316 g/mol. The first-order valence-electron chi connectivity index (χ1n) is 7.63. The molecule has 0 N–H and O–H groups in total. The number of aromatic nitrogens is 2. The summed E-state index contributed by atoms with van der Waals surface area (Å²) in [5, 5.41) is 0. The number of hydrogen-bond donors (Lipinski definition) is 0. The van der Waals surface area contributed by atoms with Crippen molar-refractivity contribution in [1.82, 2.24) is 19.4 Å². The van der Waals surface area contributed by atoms with E-state index in [4.69, 9.17) is 4.42 Å². The standard InChI is InChI=1S/C16H20N4O3/c1-18(2)15(21)13-4-3-8-20(13)16(22)14-6-5-12(23-14)10-19-9-7-17-11-19/h5-7,9,11,13H,3-4,8,10H2,1-2H3.